The molecule has 2 N–H and O–H groups in total. The summed E-state index contributed by atoms with van der Waals surface area (Å²) >= 11 is 1.67. The van der Waals surface area contributed by atoms with E-state index in [1.54, 1.807) is 11.3 Å². The minimum Gasteiger partial charge on any atom is -0.396 e. The molecule has 0 bridgehead atoms. The van der Waals surface area contributed by atoms with E-state index in [0.29, 0.717) is 18.6 Å². The third kappa shape index (κ3) is 4.67. The lowest BCUT2D eigenvalue weighted by molar-refractivity contribution is -0.0232. The zero-order valence-electron chi connectivity index (χ0n) is 14.6. The highest BCUT2D eigenvalue weighted by Gasteiger charge is 2.33. The normalized spacial score (nSPS) is 26.6. The third-order valence-corrected chi connectivity index (χ3v) is 6.09. The predicted molar refractivity (Wildman–Crippen MR) is 97.5 cm³/mol. The van der Waals surface area contributed by atoms with Crippen LogP contribution in [-0.2, 0) is 11.3 Å². The van der Waals surface area contributed by atoms with Crippen LogP contribution in [0.25, 0.3) is 0 Å². The fraction of sp³-hybridized carbons (Fsp3) is 0.824. The van der Waals surface area contributed by atoms with Crippen LogP contribution in [0.2, 0.25) is 0 Å². The molecule has 3 heterocycles. The SMILES string of the molecule is CNc1nc(CN2CC[C@H](N3CCOCC3)[C@H](CCCO)C2)cs1. The maximum atomic E-state index is 9.26. The topological polar surface area (TPSA) is 60.9 Å². The number of aliphatic hydroxyl groups excluding tert-OH is 1. The fourth-order valence-electron chi connectivity index (χ4n) is 3.99. The minimum absolute atomic E-state index is 0.296. The van der Waals surface area contributed by atoms with Crippen LogP contribution in [0.4, 0.5) is 5.13 Å². The summed E-state index contributed by atoms with van der Waals surface area (Å²) in [6.45, 7) is 7.29. The van der Waals surface area contributed by atoms with Gasteiger partial charge in [-0.25, -0.2) is 4.98 Å². The second-order valence-corrected chi connectivity index (χ2v) is 7.62. The van der Waals surface area contributed by atoms with Crippen LogP contribution < -0.4 is 5.32 Å². The number of thiazole rings is 1. The molecule has 2 atom stereocenters. The summed E-state index contributed by atoms with van der Waals surface area (Å²) in [7, 11) is 1.92. The van der Waals surface area contributed by atoms with Crippen LogP contribution in [0.15, 0.2) is 5.38 Å². The first-order chi connectivity index (χ1) is 11.8. The number of anilines is 1. The van der Waals surface area contributed by atoms with Crippen LogP contribution in [0, 0.1) is 5.92 Å². The largest absolute Gasteiger partial charge is 0.396 e. The standard InChI is InChI=1S/C17H30N4O2S/c1-18-17-19-15(13-24-17)12-20-5-4-16(14(11-20)3-2-8-22)21-6-9-23-10-7-21/h13-14,16,22H,2-12H2,1H3,(H,18,19)/t14-,16+/m1/s1. The van der Waals surface area contributed by atoms with Crippen molar-refractivity contribution in [3.8, 4) is 0 Å². The van der Waals surface area contributed by atoms with E-state index in [0.717, 1.165) is 69.6 Å². The first-order valence-corrected chi connectivity index (χ1v) is 9.95. The maximum absolute atomic E-state index is 9.26. The first-order valence-electron chi connectivity index (χ1n) is 9.07. The lowest BCUT2D eigenvalue weighted by atomic mass is 9.86. The average molecular weight is 355 g/mol. The van der Waals surface area contributed by atoms with Crippen molar-refractivity contribution in [3.63, 3.8) is 0 Å². The highest BCUT2D eigenvalue weighted by atomic mass is 32.1. The zero-order valence-corrected chi connectivity index (χ0v) is 15.4. The Morgan fingerprint density at radius 3 is 2.92 bits per heavy atom. The molecule has 2 aliphatic rings. The fourth-order valence-corrected chi connectivity index (χ4v) is 4.65. The van der Waals surface area contributed by atoms with Gasteiger partial charge in [-0.05, 0) is 25.2 Å². The summed E-state index contributed by atoms with van der Waals surface area (Å²) in [4.78, 5) is 9.77. The summed E-state index contributed by atoms with van der Waals surface area (Å²) in [6, 6.07) is 0.639. The van der Waals surface area contributed by atoms with Crippen molar-refractivity contribution < 1.29 is 9.84 Å². The van der Waals surface area contributed by atoms with Gasteiger partial charge in [0.25, 0.3) is 0 Å². The van der Waals surface area contributed by atoms with Gasteiger partial charge in [-0.3, -0.25) is 9.80 Å². The summed E-state index contributed by atoms with van der Waals surface area (Å²) in [5.41, 5.74) is 1.16. The molecular weight excluding hydrogens is 324 g/mol. The summed E-state index contributed by atoms with van der Waals surface area (Å²) in [6.07, 6.45) is 3.22. The van der Waals surface area contributed by atoms with Gasteiger partial charge >= 0.3 is 0 Å². The first kappa shape index (κ1) is 18.1. The lowest BCUT2D eigenvalue weighted by Gasteiger charge is -2.45. The molecule has 0 amide bonds. The molecule has 7 heteroatoms. The van der Waals surface area contributed by atoms with Crippen molar-refractivity contribution >= 4 is 16.5 Å². The van der Waals surface area contributed by atoms with E-state index in [1.807, 2.05) is 7.05 Å². The van der Waals surface area contributed by atoms with Crippen LogP contribution in [0.3, 0.4) is 0 Å². The monoisotopic (exact) mass is 354 g/mol. The number of aromatic nitrogens is 1. The number of piperidine rings is 1. The Labute approximate surface area is 148 Å². The smallest absolute Gasteiger partial charge is 0.182 e. The Bertz CT molecular complexity index is 493. The van der Waals surface area contributed by atoms with Gasteiger partial charge in [0.1, 0.15) is 0 Å². The van der Waals surface area contributed by atoms with Crippen molar-refractivity contribution in [2.24, 2.45) is 5.92 Å². The average Bonchev–Trinajstić information content (AvgIpc) is 3.08. The van der Waals surface area contributed by atoms with E-state index in [1.165, 1.54) is 6.42 Å². The Kier molecular flexibility index (Phi) is 6.85. The van der Waals surface area contributed by atoms with Gasteiger partial charge < -0.3 is 15.2 Å². The van der Waals surface area contributed by atoms with Crippen LogP contribution in [-0.4, -0.2) is 79.0 Å². The number of likely N-dealkylation sites (tertiary alicyclic amines) is 1. The van der Waals surface area contributed by atoms with Crippen molar-refractivity contribution in [1.29, 1.82) is 0 Å². The molecule has 1 aromatic heterocycles. The number of ether oxygens (including phenoxy) is 1. The van der Waals surface area contributed by atoms with E-state index in [2.05, 4.69) is 25.5 Å². The van der Waals surface area contributed by atoms with Crippen LogP contribution in [0.1, 0.15) is 25.0 Å². The van der Waals surface area contributed by atoms with Gasteiger partial charge in [0, 0.05) is 57.8 Å². The minimum atomic E-state index is 0.296. The van der Waals surface area contributed by atoms with Crippen molar-refractivity contribution in [3.05, 3.63) is 11.1 Å². The molecule has 0 radical (unpaired) electrons. The Morgan fingerprint density at radius 2 is 2.21 bits per heavy atom. The summed E-state index contributed by atoms with van der Waals surface area (Å²) < 4.78 is 5.51. The second kappa shape index (κ2) is 9.10. The van der Waals surface area contributed by atoms with E-state index < -0.39 is 0 Å². The molecule has 136 valence electrons. The number of morpholine rings is 1. The van der Waals surface area contributed by atoms with Gasteiger partial charge in [-0.2, -0.15) is 0 Å². The molecule has 6 nitrogen and oxygen atoms in total. The molecule has 0 saturated carbocycles. The molecule has 2 aliphatic heterocycles. The summed E-state index contributed by atoms with van der Waals surface area (Å²) in [5, 5.41) is 15.5. The van der Waals surface area contributed by atoms with Crippen LogP contribution >= 0.6 is 11.3 Å². The molecule has 1 aromatic rings. The van der Waals surface area contributed by atoms with Crippen molar-refractivity contribution in [1.82, 2.24) is 14.8 Å². The maximum Gasteiger partial charge on any atom is 0.182 e. The number of hydrogen-bond acceptors (Lipinski definition) is 7. The quantitative estimate of drug-likeness (QED) is 0.773. The Hall–Kier alpha value is -0.730. The van der Waals surface area contributed by atoms with E-state index in [-0.39, 0.29) is 0 Å². The molecule has 2 saturated heterocycles. The number of aliphatic hydroxyl groups is 1. The highest BCUT2D eigenvalue weighted by Crippen LogP contribution is 2.28. The van der Waals surface area contributed by atoms with Gasteiger partial charge in [-0.1, -0.05) is 0 Å². The molecule has 0 aromatic carbocycles. The second-order valence-electron chi connectivity index (χ2n) is 6.76. The zero-order chi connectivity index (χ0) is 16.8. The van der Waals surface area contributed by atoms with Crippen molar-refractivity contribution in [2.45, 2.75) is 31.8 Å². The van der Waals surface area contributed by atoms with E-state index in [9.17, 15) is 5.11 Å². The van der Waals surface area contributed by atoms with E-state index >= 15 is 0 Å². The van der Waals surface area contributed by atoms with Crippen molar-refractivity contribution in [2.75, 3.05) is 58.4 Å². The van der Waals surface area contributed by atoms with Gasteiger partial charge in [0.15, 0.2) is 5.13 Å². The third-order valence-electron chi connectivity index (χ3n) is 5.18. The number of nitrogens with zero attached hydrogens (tertiary/aromatic N) is 3. The van der Waals surface area contributed by atoms with Gasteiger partial charge in [-0.15, -0.1) is 11.3 Å². The highest BCUT2D eigenvalue weighted by molar-refractivity contribution is 7.13. The van der Waals surface area contributed by atoms with E-state index in [4.69, 9.17) is 4.74 Å². The predicted octanol–water partition coefficient (Wildman–Crippen LogP) is 1.48. The molecule has 0 aliphatic carbocycles. The summed E-state index contributed by atoms with van der Waals surface area (Å²) in [5.74, 6) is 0.631. The molecule has 3 rings (SSSR count). The Morgan fingerprint density at radius 1 is 1.38 bits per heavy atom. The number of nitrogens with one attached hydrogen (secondary N) is 1. The molecule has 24 heavy (non-hydrogen) atoms. The molecule has 0 unspecified atom stereocenters. The molecular formula is C17H30N4O2S. The lowest BCUT2D eigenvalue weighted by Crippen LogP contribution is -2.53. The van der Waals surface area contributed by atoms with Gasteiger partial charge in [0.05, 0.1) is 18.9 Å². The van der Waals surface area contributed by atoms with Crippen LogP contribution in [0.5, 0.6) is 0 Å². The number of rotatable bonds is 7. The number of hydrogen-bond donors (Lipinski definition) is 2. The van der Waals surface area contributed by atoms with Gasteiger partial charge in [0.2, 0.25) is 0 Å². The Balaban J connectivity index is 1.59. The molecule has 0 spiro atoms. The molecule has 2 fully saturated rings.